The average molecular weight is 232 g/mol. The van der Waals surface area contributed by atoms with Crippen LogP contribution in [0.4, 0.5) is 0 Å². The Balaban J connectivity index is 3.45. The van der Waals surface area contributed by atoms with Gasteiger partial charge in [0, 0.05) is 0 Å². The molecule has 0 fully saturated rings. The first-order valence-electron chi connectivity index (χ1n) is 6.00. The molecule has 0 aliphatic heterocycles. The normalized spacial score (nSPS) is 15.2. The van der Waals surface area contributed by atoms with Crippen LogP contribution in [0, 0.1) is 0 Å². The Morgan fingerprint density at radius 1 is 0.875 bits per heavy atom. The summed E-state index contributed by atoms with van der Waals surface area (Å²) in [4.78, 5) is 0. The fourth-order valence-electron chi connectivity index (χ4n) is 1.29. The molecule has 0 heterocycles. The zero-order valence-corrected chi connectivity index (χ0v) is 11.9. The topological polar surface area (TPSA) is 27.7 Å². The monoisotopic (exact) mass is 232 g/mol. The molecule has 0 spiro atoms. The van der Waals surface area contributed by atoms with Crippen LogP contribution in [0.1, 0.15) is 48.5 Å². The molecule has 98 valence electrons. The average Bonchev–Trinajstić information content (AvgIpc) is 1.97. The third-order valence-electron chi connectivity index (χ3n) is 1.67. The summed E-state index contributed by atoms with van der Waals surface area (Å²) in [5.74, 6) is 0. The lowest BCUT2D eigenvalue weighted by Crippen LogP contribution is -2.29. The lowest BCUT2D eigenvalue weighted by atomic mass is 10.2. The number of hydrogen-bond acceptors (Lipinski definition) is 3. The van der Waals surface area contributed by atoms with Gasteiger partial charge in [-0.05, 0) is 48.5 Å². The first kappa shape index (κ1) is 15.9. The Hall–Kier alpha value is -0.120. The lowest BCUT2D eigenvalue weighted by molar-refractivity contribution is -0.0954. The van der Waals surface area contributed by atoms with E-state index in [0.29, 0.717) is 19.8 Å². The molecular formula is C13H28O3. The zero-order valence-electron chi connectivity index (χ0n) is 11.9. The van der Waals surface area contributed by atoms with E-state index in [2.05, 4.69) is 0 Å². The second-order valence-corrected chi connectivity index (χ2v) is 6.08. The molecule has 1 atom stereocenters. The minimum Gasteiger partial charge on any atom is -0.376 e. The summed E-state index contributed by atoms with van der Waals surface area (Å²) in [6.45, 7) is 16.2. The van der Waals surface area contributed by atoms with Gasteiger partial charge < -0.3 is 14.2 Å². The second-order valence-electron chi connectivity index (χ2n) is 6.08. The van der Waals surface area contributed by atoms with Gasteiger partial charge >= 0.3 is 0 Å². The number of ether oxygens (including phenoxy) is 3. The minimum atomic E-state index is -0.106. The van der Waals surface area contributed by atoms with Gasteiger partial charge in [0.2, 0.25) is 0 Å². The van der Waals surface area contributed by atoms with Crippen molar-refractivity contribution in [2.24, 2.45) is 0 Å². The van der Waals surface area contributed by atoms with Crippen molar-refractivity contribution in [1.82, 2.24) is 0 Å². The van der Waals surface area contributed by atoms with Gasteiger partial charge in [0.1, 0.15) is 0 Å². The molecule has 0 aromatic carbocycles. The Kier molecular flexibility index (Phi) is 6.53. The summed E-state index contributed by atoms with van der Waals surface area (Å²) in [6.07, 6.45) is 0.120. The highest BCUT2D eigenvalue weighted by Crippen LogP contribution is 2.10. The Morgan fingerprint density at radius 2 is 1.44 bits per heavy atom. The van der Waals surface area contributed by atoms with E-state index in [9.17, 15) is 0 Å². The van der Waals surface area contributed by atoms with E-state index < -0.39 is 0 Å². The molecular weight excluding hydrogens is 204 g/mol. The summed E-state index contributed by atoms with van der Waals surface area (Å²) in [6, 6.07) is 0. The van der Waals surface area contributed by atoms with E-state index in [1.807, 2.05) is 48.5 Å². The van der Waals surface area contributed by atoms with E-state index in [1.165, 1.54) is 0 Å². The fourth-order valence-corrected chi connectivity index (χ4v) is 1.29. The molecule has 0 N–H and O–H groups in total. The van der Waals surface area contributed by atoms with Crippen LogP contribution in [0.15, 0.2) is 0 Å². The number of rotatable bonds is 6. The molecule has 0 rings (SSSR count). The fraction of sp³-hybridized carbons (Fsp3) is 1.00. The van der Waals surface area contributed by atoms with E-state index >= 15 is 0 Å². The Bertz CT molecular complexity index is 177. The van der Waals surface area contributed by atoms with Crippen molar-refractivity contribution in [3.63, 3.8) is 0 Å². The van der Waals surface area contributed by atoms with Gasteiger partial charge in [-0.25, -0.2) is 0 Å². The quantitative estimate of drug-likeness (QED) is 0.659. The van der Waals surface area contributed by atoms with Gasteiger partial charge in [-0.3, -0.25) is 0 Å². The molecule has 3 heteroatoms. The van der Waals surface area contributed by atoms with Gasteiger partial charge in [-0.2, -0.15) is 0 Å². The molecule has 0 saturated heterocycles. The van der Waals surface area contributed by atoms with E-state index in [4.69, 9.17) is 14.2 Å². The van der Waals surface area contributed by atoms with Crippen molar-refractivity contribution >= 4 is 0 Å². The van der Waals surface area contributed by atoms with E-state index in [0.717, 1.165) is 0 Å². The van der Waals surface area contributed by atoms with Crippen LogP contribution in [0.25, 0.3) is 0 Å². The molecule has 0 aromatic rings. The zero-order chi connectivity index (χ0) is 12.8. The van der Waals surface area contributed by atoms with Crippen LogP contribution in [0.3, 0.4) is 0 Å². The molecule has 0 aromatic heterocycles. The first-order chi connectivity index (χ1) is 7.10. The maximum Gasteiger partial charge on any atom is 0.0787 e. The molecule has 0 bridgehead atoms. The molecule has 0 aliphatic rings. The second kappa shape index (κ2) is 6.58. The predicted molar refractivity (Wildman–Crippen MR) is 66.8 cm³/mol. The summed E-state index contributed by atoms with van der Waals surface area (Å²) in [5.41, 5.74) is -0.193. The Morgan fingerprint density at radius 3 is 1.88 bits per heavy atom. The van der Waals surface area contributed by atoms with Crippen molar-refractivity contribution in [2.75, 3.05) is 19.8 Å². The molecule has 0 saturated carbocycles. The van der Waals surface area contributed by atoms with Gasteiger partial charge in [0.05, 0.1) is 37.1 Å². The summed E-state index contributed by atoms with van der Waals surface area (Å²) < 4.78 is 16.8. The van der Waals surface area contributed by atoms with E-state index in [-0.39, 0.29) is 17.3 Å². The van der Waals surface area contributed by atoms with Gasteiger partial charge in [-0.1, -0.05) is 0 Å². The highest BCUT2D eigenvalue weighted by atomic mass is 16.6. The van der Waals surface area contributed by atoms with Crippen LogP contribution >= 0.6 is 0 Å². The first-order valence-corrected chi connectivity index (χ1v) is 6.00. The van der Waals surface area contributed by atoms with Crippen LogP contribution in [-0.2, 0) is 14.2 Å². The Labute approximate surface area is 100 Å². The maximum atomic E-state index is 5.72. The van der Waals surface area contributed by atoms with Crippen LogP contribution in [0.2, 0.25) is 0 Å². The molecule has 16 heavy (non-hydrogen) atoms. The largest absolute Gasteiger partial charge is 0.376 e. The van der Waals surface area contributed by atoms with Crippen molar-refractivity contribution in [2.45, 2.75) is 65.8 Å². The van der Waals surface area contributed by atoms with Gasteiger partial charge in [-0.15, -0.1) is 0 Å². The van der Waals surface area contributed by atoms with Gasteiger partial charge in [0.15, 0.2) is 0 Å². The molecule has 0 amide bonds. The SMILES string of the molecule is CC(COCCOC(C)(C)C)OC(C)(C)C. The smallest absolute Gasteiger partial charge is 0.0787 e. The summed E-state index contributed by atoms with van der Waals surface area (Å²) in [5, 5.41) is 0. The van der Waals surface area contributed by atoms with Crippen LogP contribution in [0.5, 0.6) is 0 Å². The maximum absolute atomic E-state index is 5.72. The summed E-state index contributed by atoms with van der Waals surface area (Å²) >= 11 is 0. The number of hydrogen-bond donors (Lipinski definition) is 0. The third-order valence-corrected chi connectivity index (χ3v) is 1.67. The van der Waals surface area contributed by atoms with Gasteiger partial charge in [0.25, 0.3) is 0 Å². The molecule has 3 nitrogen and oxygen atoms in total. The molecule has 1 unspecified atom stereocenters. The van der Waals surface area contributed by atoms with Crippen molar-refractivity contribution in [3.8, 4) is 0 Å². The highest BCUT2D eigenvalue weighted by Gasteiger charge is 2.15. The van der Waals surface area contributed by atoms with E-state index in [1.54, 1.807) is 0 Å². The van der Waals surface area contributed by atoms with Crippen molar-refractivity contribution < 1.29 is 14.2 Å². The lowest BCUT2D eigenvalue weighted by Gasteiger charge is -2.25. The molecule has 0 radical (unpaired) electrons. The third kappa shape index (κ3) is 12.0. The predicted octanol–water partition coefficient (Wildman–Crippen LogP) is 3.02. The molecule has 0 aliphatic carbocycles. The van der Waals surface area contributed by atoms with Crippen molar-refractivity contribution in [3.05, 3.63) is 0 Å². The van der Waals surface area contributed by atoms with Crippen LogP contribution in [-0.4, -0.2) is 37.1 Å². The van der Waals surface area contributed by atoms with Crippen LogP contribution < -0.4 is 0 Å². The summed E-state index contributed by atoms with van der Waals surface area (Å²) in [7, 11) is 0. The van der Waals surface area contributed by atoms with Crippen molar-refractivity contribution in [1.29, 1.82) is 0 Å². The standard InChI is InChI=1S/C13H28O3/c1-11(16-13(5,6)7)10-14-8-9-15-12(2,3)4/h11H,8-10H2,1-7H3. The highest BCUT2D eigenvalue weighted by molar-refractivity contribution is 4.62. The minimum absolute atomic E-state index is 0.0864.